The number of hydrogen-bond donors (Lipinski definition) is 0. The molecule has 2 amide bonds. The highest BCUT2D eigenvalue weighted by atomic mass is 19.3. The minimum atomic E-state index is -2.58. The van der Waals surface area contributed by atoms with Crippen molar-refractivity contribution in [1.29, 1.82) is 0 Å². The van der Waals surface area contributed by atoms with Gasteiger partial charge in [-0.05, 0) is 59.6 Å². The van der Waals surface area contributed by atoms with E-state index < -0.39 is 23.9 Å². The Bertz CT molecular complexity index is 916. The van der Waals surface area contributed by atoms with Crippen LogP contribution >= 0.6 is 0 Å². The summed E-state index contributed by atoms with van der Waals surface area (Å²) in [6.07, 6.45) is 1.17. The van der Waals surface area contributed by atoms with Gasteiger partial charge in [0.2, 0.25) is 12.3 Å². The molecule has 3 aliphatic rings. The van der Waals surface area contributed by atoms with Crippen molar-refractivity contribution in [1.82, 2.24) is 14.4 Å². The van der Waals surface area contributed by atoms with E-state index in [4.69, 9.17) is 4.74 Å². The molecule has 2 aliphatic heterocycles. The molecule has 1 aromatic rings. The summed E-state index contributed by atoms with van der Waals surface area (Å²) in [6.45, 7) is 10.2. The predicted octanol–water partition coefficient (Wildman–Crippen LogP) is 4.47. The Morgan fingerprint density at radius 2 is 1.72 bits per heavy atom. The number of piperazine rings is 1. The number of likely N-dealkylation sites (tertiary alicyclic amines) is 2. The number of halogens is 2. The third kappa shape index (κ3) is 4.04. The summed E-state index contributed by atoms with van der Waals surface area (Å²) in [6, 6.07) is 3.60. The SMILES string of the molecule is Cc1ccc(C)n1[C@@H]1C=C[C@](CC(F)F)(C(=O)N2C[C@@H]3C[C@H]2CN3C(=O)OC(C)(C)C)C1. The number of allylic oxidation sites excluding steroid dienone is 1. The number of aromatic nitrogens is 1. The van der Waals surface area contributed by atoms with Crippen LogP contribution in [0, 0.1) is 19.3 Å². The van der Waals surface area contributed by atoms with Crippen LogP contribution < -0.4 is 0 Å². The number of alkyl halides is 2. The number of amides is 2. The van der Waals surface area contributed by atoms with Gasteiger partial charge in [0.15, 0.2) is 0 Å². The highest BCUT2D eigenvalue weighted by Gasteiger charge is 2.54. The Labute approximate surface area is 188 Å². The molecule has 0 spiro atoms. The third-order valence-corrected chi connectivity index (χ3v) is 6.94. The maximum absolute atomic E-state index is 13.7. The summed E-state index contributed by atoms with van der Waals surface area (Å²) >= 11 is 0. The lowest BCUT2D eigenvalue weighted by molar-refractivity contribution is -0.144. The third-order valence-electron chi connectivity index (χ3n) is 6.94. The first-order chi connectivity index (χ1) is 14.9. The molecule has 2 fully saturated rings. The Balaban J connectivity index is 1.50. The predicted molar refractivity (Wildman–Crippen MR) is 117 cm³/mol. The molecular weight excluding hydrogens is 416 g/mol. The first-order valence-electron chi connectivity index (χ1n) is 11.3. The average molecular weight is 450 g/mol. The van der Waals surface area contributed by atoms with E-state index in [-0.39, 0.29) is 30.1 Å². The lowest BCUT2D eigenvalue weighted by atomic mass is 9.81. The maximum Gasteiger partial charge on any atom is 0.410 e. The standard InChI is InChI=1S/C24H33F2N3O3/c1-15-6-7-16(2)29(15)17-8-9-24(11-17,12-20(25)26)21(30)27-13-19-10-18(27)14-28(19)22(31)32-23(3,4)5/h6-9,17-20H,10-14H2,1-5H3/t17-,18+,19+,24+/m1/s1. The number of rotatable bonds is 4. The van der Waals surface area contributed by atoms with Crippen LogP contribution in [0.5, 0.6) is 0 Å². The number of ether oxygens (including phenoxy) is 1. The smallest absolute Gasteiger partial charge is 0.410 e. The van der Waals surface area contributed by atoms with Crippen molar-refractivity contribution in [3.63, 3.8) is 0 Å². The van der Waals surface area contributed by atoms with Crippen molar-refractivity contribution in [3.05, 3.63) is 35.7 Å². The molecule has 0 N–H and O–H groups in total. The second-order valence-corrected chi connectivity index (χ2v) is 10.5. The van der Waals surface area contributed by atoms with Gasteiger partial charge in [0.1, 0.15) is 5.60 Å². The van der Waals surface area contributed by atoms with E-state index in [1.54, 1.807) is 15.9 Å². The molecule has 0 radical (unpaired) electrons. The molecule has 8 heteroatoms. The monoisotopic (exact) mass is 449 g/mol. The van der Waals surface area contributed by atoms with E-state index >= 15 is 0 Å². The molecule has 3 heterocycles. The molecule has 4 rings (SSSR count). The average Bonchev–Trinajstić information content (AvgIpc) is 3.43. The van der Waals surface area contributed by atoms with E-state index in [0.717, 1.165) is 11.4 Å². The van der Waals surface area contributed by atoms with E-state index in [0.29, 0.717) is 25.9 Å². The number of carbonyl (C=O) groups excluding carboxylic acids is 2. The summed E-state index contributed by atoms with van der Waals surface area (Å²) in [5.74, 6) is -0.240. The van der Waals surface area contributed by atoms with Crippen LogP contribution in [0.4, 0.5) is 13.6 Å². The van der Waals surface area contributed by atoms with E-state index in [9.17, 15) is 18.4 Å². The van der Waals surface area contributed by atoms with Crippen molar-refractivity contribution in [2.45, 2.75) is 84.0 Å². The van der Waals surface area contributed by atoms with Crippen LogP contribution in [0.25, 0.3) is 0 Å². The zero-order valence-corrected chi connectivity index (χ0v) is 19.5. The summed E-state index contributed by atoms with van der Waals surface area (Å²) in [5, 5.41) is 0. The normalized spacial score (nSPS) is 29.4. The highest BCUT2D eigenvalue weighted by molar-refractivity contribution is 5.86. The zero-order chi connectivity index (χ0) is 23.4. The lowest BCUT2D eigenvalue weighted by Gasteiger charge is -2.39. The fraction of sp³-hybridized carbons (Fsp3) is 0.667. The fourth-order valence-corrected chi connectivity index (χ4v) is 5.60. The first-order valence-corrected chi connectivity index (χ1v) is 11.3. The molecule has 2 bridgehead atoms. The van der Waals surface area contributed by atoms with Crippen molar-refractivity contribution in [2.75, 3.05) is 13.1 Å². The van der Waals surface area contributed by atoms with Gasteiger partial charge in [-0.1, -0.05) is 12.2 Å². The first kappa shape index (κ1) is 22.8. The fourth-order valence-electron chi connectivity index (χ4n) is 5.60. The molecule has 176 valence electrons. The molecule has 0 aromatic carbocycles. The van der Waals surface area contributed by atoms with Crippen LogP contribution in [-0.2, 0) is 9.53 Å². The second-order valence-electron chi connectivity index (χ2n) is 10.5. The van der Waals surface area contributed by atoms with Crippen LogP contribution in [0.15, 0.2) is 24.3 Å². The Hall–Kier alpha value is -2.38. The second kappa shape index (κ2) is 7.89. The molecule has 4 atom stereocenters. The van der Waals surface area contributed by atoms with Gasteiger partial charge >= 0.3 is 6.09 Å². The summed E-state index contributed by atoms with van der Waals surface area (Å²) in [5.41, 5.74) is 0.286. The maximum atomic E-state index is 13.7. The number of carbonyl (C=O) groups is 2. The van der Waals surface area contributed by atoms with Crippen LogP contribution in [0.1, 0.15) is 57.5 Å². The topological polar surface area (TPSA) is 54.8 Å². The van der Waals surface area contributed by atoms with Crippen molar-refractivity contribution in [3.8, 4) is 0 Å². The van der Waals surface area contributed by atoms with Crippen LogP contribution in [0.2, 0.25) is 0 Å². The van der Waals surface area contributed by atoms with Crippen LogP contribution in [0.3, 0.4) is 0 Å². The van der Waals surface area contributed by atoms with Gasteiger partial charge in [0.05, 0.1) is 23.5 Å². The molecule has 1 aliphatic carbocycles. The molecule has 1 aromatic heterocycles. The molecule has 32 heavy (non-hydrogen) atoms. The van der Waals surface area contributed by atoms with E-state index in [2.05, 4.69) is 4.57 Å². The van der Waals surface area contributed by atoms with Gasteiger partial charge < -0.3 is 19.1 Å². The van der Waals surface area contributed by atoms with Gasteiger partial charge in [0, 0.05) is 30.9 Å². The molecule has 6 nitrogen and oxygen atoms in total. The van der Waals surface area contributed by atoms with Crippen LogP contribution in [-0.4, -0.2) is 63.6 Å². The quantitative estimate of drug-likeness (QED) is 0.638. The van der Waals surface area contributed by atoms with E-state index in [1.807, 2.05) is 52.8 Å². The van der Waals surface area contributed by atoms with E-state index in [1.165, 1.54) is 0 Å². The minimum Gasteiger partial charge on any atom is -0.444 e. The number of aryl methyl sites for hydroxylation is 2. The number of nitrogens with zero attached hydrogens (tertiary/aromatic N) is 3. The van der Waals surface area contributed by atoms with Crippen molar-refractivity contribution < 1.29 is 23.1 Å². The summed E-state index contributed by atoms with van der Waals surface area (Å²) in [7, 11) is 0. The Morgan fingerprint density at radius 3 is 2.25 bits per heavy atom. The van der Waals surface area contributed by atoms with Gasteiger partial charge in [0.25, 0.3) is 0 Å². The van der Waals surface area contributed by atoms with Gasteiger partial charge in [-0.2, -0.15) is 0 Å². The largest absolute Gasteiger partial charge is 0.444 e. The lowest BCUT2D eigenvalue weighted by Crippen LogP contribution is -2.54. The van der Waals surface area contributed by atoms with Crippen molar-refractivity contribution in [2.24, 2.45) is 5.41 Å². The number of hydrogen-bond acceptors (Lipinski definition) is 3. The Kier molecular flexibility index (Phi) is 5.62. The summed E-state index contributed by atoms with van der Waals surface area (Å²) < 4.78 is 34.9. The number of fused-ring (bicyclic) bond motifs is 2. The molecular formula is C24H33F2N3O3. The van der Waals surface area contributed by atoms with Gasteiger partial charge in [-0.3, -0.25) is 4.79 Å². The zero-order valence-electron chi connectivity index (χ0n) is 19.5. The minimum absolute atomic E-state index is 0.120. The molecule has 0 saturated carbocycles. The van der Waals surface area contributed by atoms with Gasteiger partial charge in [-0.25, -0.2) is 13.6 Å². The van der Waals surface area contributed by atoms with Crippen molar-refractivity contribution >= 4 is 12.0 Å². The summed E-state index contributed by atoms with van der Waals surface area (Å²) in [4.78, 5) is 29.6. The highest BCUT2D eigenvalue weighted by Crippen LogP contribution is 2.47. The Morgan fingerprint density at radius 1 is 1.12 bits per heavy atom. The van der Waals surface area contributed by atoms with Gasteiger partial charge in [-0.15, -0.1) is 0 Å². The molecule has 0 unspecified atom stereocenters. The molecule has 2 saturated heterocycles.